The van der Waals surface area contributed by atoms with Crippen molar-refractivity contribution in [2.24, 2.45) is 0 Å². The molecule has 12 heteroatoms. The van der Waals surface area contributed by atoms with Crippen molar-refractivity contribution >= 4 is 24.0 Å². The topological polar surface area (TPSA) is 160 Å². The maximum atomic E-state index is 10.4. The molecule has 0 aromatic carbocycles. The fourth-order valence-corrected chi connectivity index (χ4v) is 5.18. The summed E-state index contributed by atoms with van der Waals surface area (Å²) in [5.74, 6) is 0. The zero-order valence-electron chi connectivity index (χ0n) is 5.15. The third kappa shape index (κ3) is 2.92. The lowest BCUT2D eigenvalue weighted by Gasteiger charge is -2.44. The Bertz CT molecular complexity index is 212. The van der Waals surface area contributed by atoms with E-state index < -0.39 is 24.0 Å². The van der Waals surface area contributed by atoms with Crippen molar-refractivity contribution in [3.8, 4) is 0 Å². The molecule has 0 aromatic rings. The van der Waals surface area contributed by atoms with Crippen LogP contribution < -0.4 is 24.4 Å². The Kier molecular flexibility index (Phi) is 2.60. The van der Waals surface area contributed by atoms with Crippen LogP contribution in [0.2, 0.25) is 0 Å². The van der Waals surface area contributed by atoms with E-state index in [1.54, 1.807) is 0 Å². The number of hydrogen-bond donors (Lipinski definition) is 2. The second-order valence-electron chi connectivity index (χ2n) is 1.73. The zero-order chi connectivity index (χ0) is 9.62. The molecule has 0 aliphatic carbocycles. The van der Waals surface area contributed by atoms with E-state index in [4.69, 9.17) is 4.89 Å². The number of phosphoric acid groups is 1. The summed E-state index contributed by atoms with van der Waals surface area (Å²) in [4.78, 5) is 50.9. The molecule has 12 heavy (non-hydrogen) atoms. The van der Waals surface area contributed by atoms with Gasteiger partial charge >= 0.3 is 7.82 Å². The smallest absolute Gasteiger partial charge is 0.541 e. The summed E-state index contributed by atoms with van der Waals surface area (Å²) in [5, 5.41) is 0. The lowest BCUT2D eigenvalue weighted by atomic mass is 13.9. The minimum atomic E-state index is -5.04. The van der Waals surface area contributed by atoms with E-state index >= 15 is 0 Å². The first-order valence-corrected chi connectivity index (χ1v) is 6.87. The van der Waals surface area contributed by atoms with Crippen molar-refractivity contribution in [2.75, 3.05) is 0 Å². The van der Waals surface area contributed by atoms with Gasteiger partial charge in [-0.15, -0.1) is 8.62 Å². The normalized spacial score (nSPS) is 31.4. The van der Waals surface area contributed by atoms with E-state index in [0.717, 1.165) is 4.86 Å². The molecule has 0 unspecified atom stereocenters. The van der Waals surface area contributed by atoms with Gasteiger partial charge in [-0.05, 0) is 4.86 Å². The molecule has 1 aliphatic heterocycles. The van der Waals surface area contributed by atoms with E-state index in [1.807, 2.05) is 0 Å². The summed E-state index contributed by atoms with van der Waals surface area (Å²) in [6, 6.07) is 0. The van der Waals surface area contributed by atoms with Gasteiger partial charge in [0.05, 0.1) is 0 Å². The SMILES string of the molecule is O=P1(O)O[P+]([O-])([O-])N[P+]([O-])([O-])O1. The lowest BCUT2D eigenvalue weighted by molar-refractivity contribution is -0.354. The summed E-state index contributed by atoms with van der Waals surface area (Å²) in [6.45, 7) is 0. The molecule has 1 saturated heterocycles. The number of nitrogens with one attached hydrogen (secondary N) is 1. The maximum Gasteiger partial charge on any atom is 0.541 e. The molecular formula is H2NO8P3-2. The summed E-state index contributed by atoms with van der Waals surface area (Å²) in [5.41, 5.74) is 0. The van der Waals surface area contributed by atoms with Gasteiger partial charge in [0.25, 0.3) is 0 Å². The molecule has 1 fully saturated rings. The van der Waals surface area contributed by atoms with Crippen molar-refractivity contribution in [3.63, 3.8) is 0 Å². The van der Waals surface area contributed by atoms with Crippen molar-refractivity contribution in [1.29, 1.82) is 0 Å². The molecule has 1 heterocycles. The van der Waals surface area contributed by atoms with Gasteiger partial charge in [-0.3, -0.25) is 4.89 Å². The van der Waals surface area contributed by atoms with Crippen molar-refractivity contribution in [2.45, 2.75) is 0 Å². The van der Waals surface area contributed by atoms with Gasteiger partial charge in [0, 0.05) is 0 Å². The second kappa shape index (κ2) is 2.88. The zero-order valence-corrected chi connectivity index (χ0v) is 7.83. The van der Waals surface area contributed by atoms with Crippen LogP contribution in [0.5, 0.6) is 0 Å². The molecule has 72 valence electrons. The van der Waals surface area contributed by atoms with Crippen LogP contribution in [0.25, 0.3) is 0 Å². The first kappa shape index (κ1) is 10.8. The fraction of sp³-hybridized carbons (Fsp3) is 0. The first-order chi connectivity index (χ1) is 5.12. The van der Waals surface area contributed by atoms with Crippen molar-refractivity contribution in [1.82, 2.24) is 4.86 Å². The van der Waals surface area contributed by atoms with Gasteiger partial charge in [0.2, 0.25) is 0 Å². The highest BCUT2D eigenvalue weighted by Crippen LogP contribution is 2.73. The minimum Gasteiger partial charge on any atom is -0.641 e. The van der Waals surface area contributed by atoms with Crippen LogP contribution in [-0.2, 0) is 13.2 Å². The summed E-state index contributed by atoms with van der Waals surface area (Å²) in [6.07, 6.45) is 0. The Labute approximate surface area is 67.5 Å². The van der Waals surface area contributed by atoms with Crippen LogP contribution in [0.4, 0.5) is 0 Å². The van der Waals surface area contributed by atoms with Gasteiger partial charge in [-0.1, -0.05) is 0 Å². The quantitative estimate of drug-likeness (QED) is 0.407. The van der Waals surface area contributed by atoms with Crippen LogP contribution >= 0.6 is 24.0 Å². The average molecular weight is 237 g/mol. The number of hydrogen-bond acceptors (Lipinski definition) is 8. The van der Waals surface area contributed by atoms with Crippen LogP contribution in [-0.4, -0.2) is 4.89 Å². The van der Waals surface area contributed by atoms with E-state index in [-0.39, 0.29) is 0 Å². The Morgan fingerprint density at radius 1 is 1.17 bits per heavy atom. The molecular weight excluding hydrogens is 235 g/mol. The second-order valence-corrected chi connectivity index (χ2v) is 6.76. The third-order valence-corrected chi connectivity index (χ3v) is 6.00. The molecule has 9 nitrogen and oxygen atoms in total. The Balaban J connectivity index is 2.88. The standard InChI is InChI=1S/H4NO8P3/c2-10(3)1-11(4,5)9-12(6,7)8-10/h(H,6,7)(H3,1,2,3,4,5)/p-2. The van der Waals surface area contributed by atoms with E-state index in [2.05, 4.69) is 8.62 Å². The van der Waals surface area contributed by atoms with Gasteiger partial charge < -0.3 is 19.6 Å². The highest BCUT2D eigenvalue weighted by atomic mass is 31.3. The monoisotopic (exact) mass is 237 g/mol. The molecule has 1 aliphatic rings. The van der Waals surface area contributed by atoms with E-state index in [1.165, 1.54) is 0 Å². The molecule has 1 rings (SSSR count). The first-order valence-electron chi connectivity index (χ1n) is 2.29. The maximum absolute atomic E-state index is 10.4. The highest BCUT2D eigenvalue weighted by molar-refractivity contribution is 7.80. The van der Waals surface area contributed by atoms with Gasteiger partial charge in [0.15, 0.2) is 16.2 Å². The largest absolute Gasteiger partial charge is 0.641 e. The van der Waals surface area contributed by atoms with Crippen LogP contribution in [0.15, 0.2) is 0 Å². The molecule has 0 radical (unpaired) electrons. The minimum absolute atomic E-state index is 0.911. The molecule has 0 bridgehead atoms. The number of rotatable bonds is 0. The Hall–Kier alpha value is 0.770. The molecule has 0 amide bonds. The average Bonchev–Trinajstić information content (AvgIpc) is 1.44. The molecule has 2 N–H and O–H groups in total. The van der Waals surface area contributed by atoms with Crippen LogP contribution in [0.3, 0.4) is 0 Å². The third-order valence-electron chi connectivity index (χ3n) is 0.666. The van der Waals surface area contributed by atoms with Crippen LogP contribution in [0, 0.1) is 0 Å². The molecule has 0 atom stereocenters. The summed E-state index contributed by atoms with van der Waals surface area (Å²) in [7, 11) is -15.1. The van der Waals surface area contributed by atoms with Gasteiger partial charge in [0.1, 0.15) is 0 Å². The van der Waals surface area contributed by atoms with E-state index in [9.17, 15) is 24.1 Å². The fourth-order valence-electron chi connectivity index (χ4n) is 0.473. The molecule has 0 aromatic heterocycles. The molecule has 0 saturated carbocycles. The predicted octanol–water partition coefficient (Wildman–Crippen LogP) is -3.48. The Morgan fingerprint density at radius 2 is 1.50 bits per heavy atom. The van der Waals surface area contributed by atoms with Crippen molar-refractivity contribution in [3.05, 3.63) is 0 Å². The lowest BCUT2D eigenvalue weighted by Crippen LogP contribution is -2.46. The Morgan fingerprint density at radius 3 is 1.75 bits per heavy atom. The summed E-state index contributed by atoms with van der Waals surface area (Å²) < 4.78 is 17.2. The van der Waals surface area contributed by atoms with Gasteiger partial charge in [-0.25, -0.2) is 4.57 Å². The predicted molar refractivity (Wildman–Crippen MR) is 29.0 cm³/mol. The van der Waals surface area contributed by atoms with Crippen LogP contribution in [0.1, 0.15) is 0 Å². The van der Waals surface area contributed by atoms with E-state index in [0.29, 0.717) is 0 Å². The highest BCUT2D eigenvalue weighted by Gasteiger charge is 2.49. The van der Waals surface area contributed by atoms with Gasteiger partial charge in [-0.2, -0.15) is 0 Å². The molecule has 0 spiro atoms. The summed E-state index contributed by atoms with van der Waals surface area (Å²) >= 11 is 0. The van der Waals surface area contributed by atoms with Crippen molar-refractivity contribution < 1.29 is 37.7 Å².